The molecule has 0 aliphatic carbocycles. The molecule has 2 rings (SSSR count). The predicted octanol–water partition coefficient (Wildman–Crippen LogP) is 1.04. The summed E-state index contributed by atoms with van der Waals surface area (Å²) in [6, 6.07) is 6.03. The van der Waals surface area contributed by atoms with Crippen LogP contribution in [0.25, 0.3) is 0 Å². The van der Waals surface area contributed by atoms with Crippen LogP contribution in [0.4, 0.5) is 5.82 Å². The first kappa shape index (κ1) is 18.0. The Kier molecular flexibility index (Phi) is 8.36. The van der Waals surface area contributed by atoms with Gasteiger partial charge in [-0.05, 0) is 12.1 Å². The molecule has 1 aromatic rings. The second kappa shape index (κ2) is 9.78. The van der Waals surface area contributed by atoms with Gasteiger partial charge in [-0.2, -0.15) is 0 Å². The van der Waals surface area contributed by atoms with Crippen molar-refractivity contribution in [1.29, 1.82) is 0 Å². The number of guanidine groups is 1. The summed E-state index contributed by atoms with van der Waals surface area (Å²) in [4.78, 5) is 13.3. The van der Waals surface area contributed by atoms with Gasteiger partial charge in [0.1, 0.15) is 5.82 Å². The summed E-state index contributed by atoms with van der Waals surface area (Å²) in [5, 5.41) is 3.31. The Hall–Kier alpha value is -1.09. The molecule has 0 bridgehead atoms. The van der Waals surface area contributed by atoms with Gasteiger partial charge in [0, 0.05) is 53.1 Å². The van der Waals surface area contributed by atoms with Crippen LogP contribution in [0.2, 0.25) is 0 Å². The number of nitrogens with zero attached hydrogens (tertiary/aromatic N) is 4. The molecule has 7 heteroatoms. The maximum atomic E-state index is 5.05. The van der Waals surface area contributed by atoms with Crippen LogP contribution in [0, 0.1) is 0 Å². The summed E-state index contributed by atoms with van der Waals surface area (Å²) < 4.78 is 5.05. The van der Waals surface area contributed by atoms with Crippen molar-refractivity contribution in [3.05, 3.63) is 24.4 Å². The van der Waals surface area contributed by atoms with Crippen LogP contribution in [0.3, 0.4) is 0 Å². The Morgan fingerprint density at radius 1 is 1.33 bits per heavy atom. The highest BCUT2D eigenvalue weighted by Gasteiger charge is 2.19. The molecule has 1 fully saturated rings. The van der Waals surface area contributed by atoms with Crippen molar-refractivity contribution in [2.75, 3.05) is 58.4 Å². The highest BCUT2D eigenvalue weighted by atomic mass is 127. The van der Waals surface area contributed by atoms with Crippen LogP contribution in [-0.4, -0.2) is 69.3 Å². The molecule has 0 atom stereocenters. The molecule has 118 valence electrons. The third-order valence-corrected chi connectivity index (χ3v) is 3.35. The average Bonchev–Trinajstić information content (AvgIpc) is 2.53. The molecule has 2 heterocycles. The van der Waals surface area contributed by atoms with Crippen molar-refractivity contribution in [2.45, 2.75) is 0 Å². The highest BCUT2D eigenvalue weighted by molar-refractivity contribution is 14.0. The van der Waals surface area contributed by atoms with Crippen LogP contribution >= 0.6 is 24.0 Å². The summed E-state index contributed by atoms with van der Waals surface area (Å²) in [5.74, 6) is 2.00. The van der Waals surface area contributed by atoms with Gasteiger partial charge in [-0.15, -0.1) is 24.0 Å². The predicted molar refractivity (Wildman–Crippen MR) is 96.7 cm³/mol. The summed E-state index contributed by atoms with van der Waals surface area (Å²) in [6.07, 6.45) is 1.84. The van der Waals surface area contributed by atoms with E-state index in [0.29, 0.717) is 6.61 Å². The molecular weight excluding hydrogens is 381 g/mol. The van der Waals surface area contributed by atoms with Gasteiger partial charge in [-0.3, -0.25) is 4.99 Å². The fourth-order valence-electron chi connectivity index (χ4n) is 2.29. The number of rotatable bonds is 4. The fourth-order valence-corrected chi connectivity index (χ4v) is 2.29. The zero-order chi connectivity index (χ0) is 14.2. The number of hydrogen-bond donors (Lipinski definition) is 1. The van der Waals surface area contributed by atoms with E-state index in [4.69, 9.17) is 4.74 Å². The van der Waals surface area contributed by atoms with Crippen LogP contribution in [0.1, 0.15) is 0 Å². The average molecular weight is 405 g/mol. The van der Waals surface area contributed by atoms with Crippen LogP contribution in [0.5, 0.6) is 0 Å². The largest absolute Gasteiger partial charge is 0.383 e. The van der Waals surface area contributed by atoms with Crippen molar-refractivity contribution in [2.24, 2.45) is 4.99 Å². The van der Waals surface area contributed by atoms with Crippen molar-refractivity contribution < 1.29 is 4.74 Å². The summed E-state index contributed by atoms with van der Waals surface area (Å²) in [7, 11) is 3.52. The Labute approximate surface area is 143 Å². The lowest BCUT2D eigenvalue weighted by atomic mass is 10.3. The molecular formula is C14H24IN5O. The van der Waals surface area contributed by atoms with E-state index in [0.717, 1.165) is 44.5 Å². The van der Waals surface area contributed by atoms with Crippen LogP contribution < -0.4 is 10.2 Å². The maximum Gasteiger partial charge on any atom is 0.193 e. The zero-order valence-corrected chi connectivity index (χ0v) is 15.0. The summed E-state index contributed by atoms with van der Waals surface area (Å²) >= 11 is 0. The molecule has 6 nitrogen and oxygen atoms in total. The van der Waals surface area contributed by atoms with Gasteiger partial charge in [0.2, 0.25) is 0 Å². The number of aromatic nitrogens is 1. The van der Waals surface area contributed by atoms with Crippen LogP contribution in [0.15, 0.2) is 29.4 Å². The number of anilines is 1. The summed E-state index contributed by atoms with van der Waals surface area (Å²) in [5.41, 5.74) is 0. The number of piperazine rings is 1. The van der Waals surface area contributed by atoms with E-state index < -0.39 is 0 Å². The normalized spacial score (nSPS) is 15.6. The Balaban J connectivity index is 0.00000220. The fraction of sp³-hybridized carbons (Fsp3) is 0.571. The lowest BCUT2D eigenvalue weighted by molar-refractivity contribution is 0.202. The van der Waals surface area contributed by atoms with Gasteiger partial charge < -0.3 is 19.9 Å². The van der Waals surface area contributed by atoms with Crippen molar-refractivity contribution in [3.8, 4) is 0 Å². The minimum Gasteiger partial charge on any atom is -0.383 e. The van der Waals surface area contributed by atoms with E-state index in [-0.39, 0.29) is 24.0 Å². The number of aliphatic imine (C=N–C) groups is 1. The molecule has 1 aliphatic heterocycles. The van der Waals surface area contributed by atoms with Crippen molar-refractivity contribution >= 4 is 35.8 Å². The highest BCUT2D eigenvalue weighted by Crippen LogP contribution is 2.12. The standard InChI is InChI=1S/C14H23N5O.HI/c1-15-14(17-7-12-20-2)19-10-8-18(9-11-19)13-5-3-4-6-16-13;/h3-6H,7-12H2,1-2H3,(H,15,17);1H. The number of ether oxygens (including phenoxy) is 1. The first-order valence-corrected chi connectivity index (χ1v) is 6.95. The molecule has 0 radical (unpaired) electrons. The third-order valence-electron chi connectivity index (χ3n) is 3.35. The van der Waals surface area contributed by atoms with Gasteiger partial charge in [-0.1, -0.05) is 6.07 Å². The Bertz CT molecular complexity index is 421. The van der Waals surface area contributed by atoms with E-state index in [2.05, 4.69) is 31.2 Å². The molecule has 0 amide bonds. The van der Waals surface area contributed by atoms with E-state index in [1.54, 1.807) is 7.11 Å². The molecule has 0 aromatic carbocycles. The smallest absolute Gasteiger partial charge is 0.193 e. The molecule has 1 aromatic heterocycles. The van der Waals surface area contributed by atoms with Gasteiger partial charge in [0.15, 0.2) is 5.96 Å². The van der Waals surface area contributed by atoms with Crippen LogP contribution in [-0.2, 0) is 4.74 Å². The minimum absolute atomic E-state index is 0. The number of halogens is 1. The second-order valence-corrected chi connectivity index (χ2v) is 4.63. The SMILES string of the molecule is CN=C(NCCOC)N1CCN(c2ccccn2)CC1.I. The number of pyridine rings is 1. The Morgan fingerprint density at radius 3 is 2.67 bits per heavy atom. The van der Waals surface area contributed by atoms with Crippen molar-refractivity contribution in [3.63, 3.8) is 0 Å². The van der Waals surface area contributed by atoms with E-state index >= 15 is 0 Å². The quantitative estimate of drug-likeness (QED) is 0.351. The molecule has 1 N–H and O–H groups in total. The van der Waals surface area contributed by atoms with E-state index in [1.165, 1.54) is 0 Å². The molecule has 21 heavy (non-hydrogen) atoms. The molecule has 1 aliphatic rings. The molecule has 1 saturated heterocycles. The van der Waals surface area contributed by atoms with Crippen molar-refractivity contribution in [1.82, 2.24) is 15.2 Å². The second-order valence-electron chi connectivity index (χ2n) is 4.63. The number of hydrogen-bond acceptors (Lipinski definition) is 4. The maximum absolute atomic E-state index is 5.05. The molecule has 0 unspecified atom stereocenters. The summed E-state index contributed by atoms with van der Waals surface area (Å²) in [6.45, 7) is 5.28. The van der Waals surface area contributed by atoms with E-state index in [9.17, 15) is 0 Å². The topological polar surface area (TPSA) is 53.0 Å². The monoisotopic (exact) mass is 405 g/mol. The lowest BCUT2D eigenvalue weighted by Crippen LogP contribution is -2.53. The lowest BCUT2D eigenvalue weighted by Gasteiger charge is -2.37. The molecule has 0 spiro atoms. The number of nitrogens with one attached hydrogen (secondary N) is 1. The Morgan fingerprint density at radius 2 is 2.10 bits per heavy atom. The first-order chi connectivity index (χ1) is 9.85. The first-order valence-electron chi connectivity index (χ1n) is 6.95. The van der Waals surface area contributed by atoms with Gasteiger partial charge in [-0.25, -0.2) is 4.98 Å². The number of methoxy groups -OCH3 is 1. The third kappa shape index (κ3) is 5.31. The van der Waals surface area contributed by atoms with Gasteiger partial charge in [0.05, 0.1) is 6.61 Å². The zero-order valence-electron chi connectivity index (χ0n) is 12.7. The van der Waals surface area contributed by atoms with Gasteiger partial charge >= 0.3 is 0 Å². The van der Waals surface area contributed by atoms with E-state index in [1.807, 2.05) is 25.4 Å². The minimum atomic E-state index is 0. The molecule has 0 saturated carbocycles. The van der Waals surface area contributed by atoms with Gasteiger partial charge in [0.25, 0.3) is 0 Å².